The molecule has 0 aliphatic carbocycles. The molecule has 24 heavy (non-hydrogen) atoms. The summed E-state index contributed by atoms with van der Waals surface area (Å²) in [5.74, 6) is -0.812. The highest BCUT2D eigenvalue weighted by Gasteiger charge is 2.21. The number of ether oxygens (including phenoxy) is 1. The van der Waals surface area contributed by atoms with Crippen molar-refractivity contribution in [3.05, 3.63) is 0 Å². The summed E-state index contributed by atoms with van der Waals surface area (Å²) in [6.45, 7) is 6.43. The van der Waals surface area contributed by atoms with Gasteiger partial charge in [-0.1, -0.05) is 78.6 Å². The fourth-order valence-corrected chi connectivity index (χ4v) is 2.63. The van der Waals surface area contributed by atoms with Crippen molar-refractivity contribution >= 4 is 12.1 Å². The number of nitrogens with one attached hydrogen (secondary N) is 1. The third-order valence-corrected chi connectivity index (χ3v) is 4.03. The first-order chi connectivity index (χ1) is 11.5. The number of rotatable bonds is 15. The van der Waals surface area contributed by atoms with Gasteiger partial charge in [-0.25, -0.2) is 9.59 Å². The maximum atomic E-state index is 11.6. The normalized spacial score (nSPS) is 12.2. The molecule has 5 heteroatoms. The van der Waals surface area contributed by atoms with Gasteiger partial charge in [-0.05, 0) is 18.8 Å². The molecule has 1 unspecified atom stereocenters. The van der Waals surface area contributed by atoms with Crippen LogP contribution in [0.4, 0.5) is 4.79 Å². The minimum atomic E-state index is -1.01. The Morgan fingerprint density at radius 1 is 0.917 bits per heavy atom. The van der Waals surface area contributed by atoms with Crippen LogP contribution in [0.2, 0.25) is 0 Å². The second-order valence-corrected chi connectivity index (χ2v) is 6.98. The summed E-state index contributed by atoms with van der Waals surface area (Å²) < 4.78 is 5.06. The van der Waals surface area contributed by atoms with Crippen molar-refractivity contribution in [1.29, 1.82) is 0 Å². The summed E-state index contributed by atoms with van der Waals surface area (Å²) in [5, 5.41) is 11.5. The van der Waals surface area contributed by atoms with Crippen LogP contribution in [-0.4, -0.2) is 29.8 Å². The lowest BCUT2D eigenvalue weighted by atomic mass is 10.0. The zero-order valence-corrected chi connectivity index (χ0v) is 15.8. The van der Waals surface area contributed by atoms with Crippen LogP contribution in [0.1, 0.15) is 91.4 Å². The Morgan fingerprint density at radius 2 is 1.42 bits per heavy atom. The van der Waals surface area contributed by atoms with Gasteiger partial charge in [0.05, 0.1) is 6.61 Å². The van der Waals surface area contributed by atoms with E-state index in [1.807, 2.05) is 13.8 Å². The lowest BCUT2D eigenvalue weighted by molar-refractivity contribution is -0.139. The largest absolute Gasteiger partial charge is 0.480 e. The van der Waals surface area contributed by atoms with E-state index in [0.717, 1.165) is 12.8 Å². The van der Waals surface area contributed by atoms with E-state index in [9.17, 15) is 9.59 Å². The molecule has 0 saturated carbocycles. The molecule has 2 N–H and O–H groups in total. The summed E-state index contributed by atoms with van der Waals surface area (Å²) in [4.78, 5) is 22.7. The number of hydrogen-bond donors (Lipinski definition) is 2. The number of aliphatic carboxylic acids is 1. The molecule has 0 radical (unpaired) electrons. The summed E-state index contributed by atoms with van der Waals surface area (Å²) in [7, 11) is 0. The van der Waals surface area contributed by atoms with E-state index in [0.29, 0.717) is 13.0 Å². The molecular weight excluding hydrogens is 306 g/mol. The standard InChI is InChI=1S/C19H37NO4/c1-4-5-6-7-8-9-10-11-12-13-14-24-19(23)20-17(18(21)22)15-16(2)3/h16-17H,4-15H2,1-3H3,(H,20,23)(H,21,22). The second-order valence-electron chi connectivity index (χ2n) is 6.98. The smallest absolute Gasteiger partial charge is 0.407 e. The van der Waals surface area contributed by atoms with Crippen LogP contribution < -0.4 is 5.32 Å². The number of hydrogen-bond acceptors (Lipinski definition) is 3. The number of amides is 1. The molecule has 0 heterocycles. The number of carboxylic acid groups (broad SMARTS) is 1. The van der Waals surface area contributed by atoms with Crippen molar-refractivity contribution in [3.8, 4) is 0 Å². The lowest BCUT2D eigenvalue weighted by Crippen LogP contribution is -2.42. The molecule has 5 nitrogen and oxygen atoms in total. The highest BCUT2D eigenvalue weighted by molar-refractivity contribution is 5.79. The Morgan fingerprint density at radius 3 is 1.88 bits per heavy atom. The zero-order valence-electron chi connectivity index (χ0n) is 15.8. The molecule has 0 aliphatic rings. The Balaban J connectivity index is 3.53. The van der Waals surface area contributed by atoms with Crippen molar-refractivity contribution in [2.24, 2.45) is 5.92 Å². The minimum absolute atomic E-state index is 0.202. The highest BCUT2D eigenvalue weighted by atomic mass is 16.5. The summed E-state index contributed by atoms with van der Waals surface area (Å²) in [6, 6.07) is -0.870. The fraction of sp³-hybridized carbons (Fsp3) is 0.895. The van der Waals surface area contributed by atoms with Gasteiger partial charge >= 0.3 is 12.1 Å². The molecule has 0 saturated heterocycles. The molecule has 142 valence electrons. The molecule has 0 aliphatic heterocycles. The number of carbonyl (C=O) groups is 2. The molecule has 0 rings (SSSR count). The van der Waals surface area contributed by atoms with Gasteiger partial charge in [0, 0.05) is 0 Å². The SMILES string of the molecule is CCCCCCCCCCCCOC(=O)NC(CC(C)C)C(=O)O. The van der Waals surface area contributed by atoms with Gasteiger partial charge in [-0.15, -0.1) is 0 Å². The molecule has 0 fully saturated rings. The number of carbonyl (C=O) groups excluding carboxylic acids is 1. The van der Waals surface area contributed by atoms with Gasteiger partial charge in [0.1, 0.15) is 6.04 Å². The lowest BCUT2D eigenvalue weighted by Gasteiger charge is -2.16. The van der Waals surface area contributed by atoms with Gasteiger partial charge < -0.3 is 15.2 Å². The first-order valence-electron chi connectivity index (χ1n) is 9.63. The van der Waals surface area contributed by atoms with Crippen molar-refractivity contribution in [1.82, 2.24) is 5.32 Å². The first kappa shape index (κ1) is 22.7. The van der Waals surface area contributed by atoms with Gasteiger partial charge in [0.2, 0.25) is 0 Å². The average molecular weight is 344 g/mol. The van der Waals surface area contributed by atoms with E-state index in [2.05, 4.69) is 12.2 Å². The quantitative estimate of drug-likeness (QED) is 0.404. The van der Waals surface area contributed by atoms with Crippen LogP contribution in [0.3, 0.4) is 0 Å². The topological polar surface area (TPSA) is 75.6 Å². The van der Waals surface area contributed by atoms with Crippen LogP contribution in [-0.2, 0) is 9.53 Å². The maximum Gasteiger partial charge on any atom is 0.407 e. The first-order valence-corrected chi connectivity index (χ1v) is 9.63. The van der Waals surface area contributed by atoms with Crippen molar-refractivity contribution < 1.29 is 19.4 Å². The molecule has 0 bridgehead atoms. The summed E-state index contributed by atoms with van der Waals surface area (Å²) in [6.07, 6.45) is 12.0. The second kappa shape index (κ2) is 15.3. The Bertz CT molecular complexity index is 331. The molecule has 1 atom stereocenters. The number of unbranched alkanes of at least 4 members (excludes halogenated alkanes) is 9. The van der Waals surface area contributed by atoms with Crippen LogP contribution in [0, 0.1) is 5.92 Å². The van der Waals surface area contributed by atoms with Gasteiger partial charge in [0.25, 0.3) is 0 Å². The molecular formula is C19H37NO4. The van der Waals surface area contributed by atoms with Crippen LogP contribution in [0.25, 0.3) is 0 Å². The van der Waals surface area contributed by atoms with Crippen LogP contribution >= 0.6 is 0 Å². The van der Waals surface area contributed by atoms with Gasteiger partial charge in [-0.2, -0.15) is 0 Å². The monoisotopic (exact) mass is 343 g/mol. The Kier molecular flexibility index (Phi) is 14.5. The molecule has 1 amide bonds. The third kappa shape index (κ3) is 14.3. The molecule has 0 aromatic carbocycles. The van der Waals surface area contributed by atoms with Crippen molar-refractivity contribution in [2.75, 3.05) is 6.61 Å². The van der Waals surface area contributed by atoms with Gasteiger partial charge in [-0.3, -0.25) is 0 Å². The van der Waals surface area contributed by atoms with Crippen molar-refractivity contribution in [2.45, 2.75) is 97.4 Å². The van der Waals surface area contributed by atoms with E-state index >= 15 is 0 Å². The van der Waals surface area contributed by atoms with E-state index in [-0.39, 0.29) is 5.92 Å². The summed E-state index contributed by atoms with van der Waals surface area (Å²) >= 11 is 0. The third-order valence-electron chi connectivity index (χ3n) is 4.03. The Hall–Kier alpha value is -1.26. The summed E-state index contributed by atoms with van der Waals surface area (Å²) in [5.41, 5.74) is 0. The van der Waals surface area contributed by atoms with Crippen LogP contribution in [0.15, 0.2) is 0 Å². The molecule has 0 spiro atoms. The molecule has 0 aromatic heterocycles. The van der Waals surface area contributed by atoms with E-state index in [1.54, 1.807) is 0 Å². The number of carboxylic acids is 1. The predicted molar refractivity (Wildman–Crippen MR) is 97.2 cm³/mol. The van der Waals surface area contributed by atoms with Gasteiger partial charge in [0.15, 0.2) is 0 Å². The minimum Gasteiger partial charge on any atom is -0.480 e. The molecule has 0 aromatic rings. The van der Waals surface area contributed by atoms with Crippen molar-refractivity contribution in [3.63, 3.8) is 0 Å². The Labute approximate surface area is 147 Å². The fourth-order valence-electron chi connectivity index (χ4n) is 2.63. The predicted octanol–water partition coefficient (Wildman–Crippen LogP) is 5.13. The van der Waals surface area contributed by atoms with Crippen LogP contribution in [0.5, 0.6) is 0 Å². The van der Waals surface area contributed by atoms with E-state index in [1.165, 1.54) is 51.4 Å². The maximum absolute atomic E-state index is 11.6. The average Bonchev–Trinajstić information content (AvgIpc) is 2.51. The zero-order chi connectivity index (χ0) is 18.2. The number of alkyl carbamates (subject to hydrolysis) is 1. The van der Waals surface area contributed by atoms with E-state index < -0.39 is 18.1 Å². The highest BCUT2D eigenvalue weighted by Crippen LogP contribution is 2.10. The van der Waals surface area contributed by atoms with E-state index in [4.69, 9.17) is 9.84 Å².